The van der Waals surface area contributed by atoms with Crippen molar-refractivity contribution in [2.24, 2.45) is 5.73 Å². The van der Waals surface area contributed by atoms with Gasteiger partial charge in [-0.2, -0.15) is 0 Å². The van der Waals surface area contributed by atoms with Gasteiger partial charge in [0.05, 0.1) is 12.1 Å². The van der Waals surface area contributed by atoms with Crippen molar-refractivity contribution in [3.05, 3.63) is 108 Å². The van der Waals surface area contributed by atoms with E-state index in [0.29, 0.717) is 19.4 Å². The molecule has 0 fully saturated rings. The van der Waals surface area contributed by atoms with Crippen LogP contribution in [0.15, 0.2) is 96.7 Å². The number of benzene rings is 2. The number of hydrogen-bond donors (Lipinski definition) is 3. The topological polar surface area (TPSA) is 84.2 Å². The minimum absolute atomic E-state index is 0.0165. The Hall–Kier alpha value is -3.28. The van der Waals surface area contributed by atoms with Gasteiger partial charge in [0, 0.05) is 18.9 Å². The molecule has 0 saturated heterocycles. The molecule has 0 unspecified atom stereocenters. The van der Waals surface area contributed by atoms with E-state index >= 15 is 0 Å². The van der Waals surface area contributed by atoms with Gasteiger partial charge in [-0.05, 0) is 50.2 Å². The van der Waals surface area contributed by atoms with E-state index in [-0.39, 0.29) is 23.5 Å². The lowest BCUT2D eigenvalue weighted by Crippen LogP contribution is -2.43. The lowest BCUT2D eigenvalue weighted by atomic mass is 9.82. The van der Waals surface area contributed by atoms with Crippen molar-refractivity contribution in [2.45, 2.75) is 44.7 Å². The second-order valence-corrected chi connectivity index (χ2v) is 8.23. The average Bonchev–Trinajstić information content (AvgIpc) is 2.86. The normalized spacial score (nSPS) is 14.1. The Morgan fingerprint density at radius 3 is 2.03 bits per heavy atom. The SMILES string of the molecule is C\C=C/C=C\C(=C/N)C[C@H](NCCC(=O)[C@@H](NC)C(c1ccccc1)c1ccccc1)C(C)=O. The Kier molecular flexibility index (Phi) is 11.7. The first kappa shape index (κ1) is 27.0. The van der Waals surface area contributed by atoms with Gasteiger partial charge in [-0.1, -0.05) is 85.0 Å². The predicted octanol–water partition coefficient (Wildman–Crippen LogP) is 4.28. The van der Waals surface area contributed by atoms with Crippen molar-refractivity contribution < 1.29 is 9.59 Å². The van der Waals surface area contributed by atoms with Gasteiger partial charge in [0.15, 0.2) is 5.78 Å². The van der Waals surface area contributed by atoms with Gasteiger partial charge in [-0.15, -0.1) is 0 Å². The first-order valence-electron chi connectivity index (χ1n) is 11.8. The third-order valence-electron chi connectivity index (χ3n) is 5.83. The Morgan fingerprint density at radius 2 is 1.56 bits per heavy atom. The number of hydrogen-bond acceptors (Lipinski definition) is 5. The van der Waals surface area contributed by atoms with Gasteiger partial charge in [0.25, 0.3) is 0 Å². The molecule has 5 nitrogen and oxygen atoms in total. The molecule has 2 atom stereocenters. The van der Waals surface area contributed by atoms with Crippen LogP contribution in [0.5, 0.6) is 0 Å². The van der Waals surface area contributed by atoms with Gasteiger partial charge in [-0.3, -0.25) is 9.59 Å². The standard InChI is InChI=1S/C29H37N3O2/c1-4-5-8-13-23(21-30)20-26(22(2)33)32-19-18-27(34)29(31-3)28(24-14-9-6-10-15-24)25-16-11-7-12-17-25/h4-17,21,26,28-29,31-32H,18-20,30H2,1-3H3/b5-4-,13-8-,23-21+/t26-,29+/m0/s1. The fourth-order valence-electron chi connectivity index (χ4n) is 4.01. The number of carbonyl (C=O) groups excluding carboxylic acids is 2. The minimum atomic E-state index is -0.398. The molecule has 0 aromatic heterocycles. The first-order valence-corrected chi connectivity index (χ1v) is 11.8. The smallest absolute Gasteiger partial charge is 0.151 e. The van der Waals surface area contributed by atoms with E-state index in [4.69, 9.17) is 5.73 Å². The van der Waals surface area contributed by atoms with E-state index < -0.39 is 6.04 Å². The van der Waals surface area contributed by atoms with Crippen LogP contribution >= 0.6 is 0 Å². The molecule has 0 aliphatic rings. The zero-order valence-electron chi connectivity index (χ0n) is 20.4. The van der Waals surface area contributed by atoms with Crippen molar-refractivity contribution in [1.29, 1.82) is 0 Å². The van der Waals surface area contributed by atoms with Crippen LogP contribution in [0.1, 0.15) is 43.7 Å². The number of nitrogens with one attached hydrogen (secondary N) is 2. The molecule has 0 aliphatic heterocycles. The maximum absolute atomic E-state index is 13.3. The Morgan fingerprint density at radius 1 is 0.971 bits per heavy atom. The van der Waals surface area contributed by atoms with Crippen LogP contribution in [0.2, 0.25) is 0 Å². The van der Waals surface area contributed by atoms with E-state index in [9.17, 15) is 9.59 Å². The van der Waals surface area contributed by atoms with Crippen LogP contribution in [0, 0.1) is 0 Å². The number of likely N-dealkylation sites (N-methyl/N-ethyl adjacent to an activating group) is 1. The van der Waals surface area contributed by atoms with Gasteiger partial charge >= 0.3 is 0 Å². The molecule has 4 N–H and O–H groups in total. The van der Waals surface area contributed by atoms with Gasteiger partial charge in [0.2, 0.25) is 0 Å². The van der Waals surface area contributed by atoms with Crippen LogP contribution in [0.25, 0.3) is 0 Å². The zero-order chi connectivity index (χ0) is 24.8. The second kappa shape index (κ2) is 14.8. The van der Waals surface area contributed by atoms with E-state index in [1.807, 2.05) is 74.7 Å². The molecule has 2 aromatic carbocycles. The Balaban J connectivity index is 2.10. The molecule has 0 saturated carbocycles. The largest absolute Gasteiger partial charge is 0.404 e. The second-order valence-electron chi connectivity index (χ2n) is 8.23. The molecule has 34 heavy (non-hydrogen) atoms. The molecule has 0 amide bonds. The summed E-state index contributed by atoms with van der Waals surface area (Å²) in [5.74, 6) is 0.00691. The van der Waals surface area contributed by atoms with Crippen LogP contribution in [-0.2, 0) is 9.59 Å². The molecule has 5 heteroatoms. The third-order valence-corrected chi connectivity index (χ3v) is 5.83. The van der Waals surface area contributed by atoms with Crippen molar-refractivity contribution in [2.75, 3.05) is 13.6 Å². The summed E-state index contributed by atoms with van der Waals surface area (Å²) in [5.41, 5.74) is 8.77. The summed E-state index contributed by atoms with van der Waals surface area (Å²) in [4.78, 5) is 25.5. The predicted molar refractivity (Wildman–Crippen MR) is 141 cm³/mol. The zero-order valence-corrected chi connectivity index (χ0v) is 20.4. The van der Waals surface area contributed by atoms with Crippen molar-refractivity contribution in [1.82, 2.24) is 10.6 Å². The quantitative estimate of drug-likeness (QED) is 0.367. The summed E-state index contributed by atoms with van der Waals surface area (Å²) < 4.78 is 0. The number of allylic oxidation sites excluding steroid dienone is 4. The molecule has 0 heterocycles. The number of rotatable bonds is 14. The van der Waals surface area contributed by atoms with Gasteiger partial charge in [0.1, 0.15) is 5.78 Å². The molecule has 0 aliphatic carbocycles. The number of Topliss-reactive ketones (excluding diaryl/α,β-unsaturated/α-hetero) is 2. The highest BCUT2D eigenvalue weighted by Crippen LogP contribution is 2.29. The molecule has 0 bridgehead atoms. The first-order chi connectivity index (χ1) is 16.5. The summed E-state index contributed by atoms with van der Waals surface area (Å²) in [7, 11) is 1.82. The van der Waals surface area contributed by atoms with Crippen LogP contribution in [-0.4, -0.2) is 37.2 Å². The number of carbonyl (C=O) groups is 2. The highest BCUT2D eigenvalue weighted by atomic mass is 16.1. The van der Waals surface area contributed by atoms with E-state index in [1.54, 1.807) is 6.92 Å². The summed E-state index contributed by atoms with van der Waals surface area (Å²) >= 11 is 0. The number of ketones is 2. The molecule has 2 aromatic rings. The third kappa shape index (κ3) is 8.25. The fraction of sp³-hybridized carbons (Fsp3) is 0.310. The van der Waals surface area contributed by atoms with Crippen LogP contribution in [0.4, 0.5) is 0 Å². The van der Waals surface area contributed by atoms with E-state index in [1.165, 1.54) is 6.20 Å². The molecular weight excluding hydrogens is 422 g/mol. The molecule has 0 radical (unpaired) electrons. The summed E-state index contributed by atoms with van der Waals surface area (Å²) in [5, 5.41) is 6.50. The lowest BCUT2D eigenvalue weighted by molar-refractivity contribution is -0.122. The highest BCUT2D eigenvalue weighted by molar-refractivity contribution is 5.86. The summed E-state index contributed by atoms with van der Waals surface area (Å²) in [6, 6.07) is 19.4. The maximum Gasteiger partial charge on any atom is 0.151 e. The molecule has 180 valence electrons. The molecule has 0 spiro atoms. The van der Waals surface area contributed by atoms with Gasteiger partial charge < -0.3 is 16.4 Å². The monoisotopic (exact) mass is 459 g/mol. The highest BCUT2D eigenvalue weighted by Gasteiger charge is 2.29. The van der Waals surface area contributed by atoms with E-state index in [2.05, 4.69) is 34.9 Å². The summed E-state index contributed by atoms with van der Waals surface area (Å²) in [6.07, 6.45) is 9.92. The van der Waals surface area contributed by atoms with Crippen molar-refractivity contribution in [3.8, 4) is 0 Å². The van der Waals surface area contributed by atoms with Crippen LogP contribution < -0.4 is 16.4 Å². The lowest BCUT2D eigenvalue weighted by Gasteiger charge is -2.27. The fourth-order valence-corrected chi connectivity index (χ4v) is 4.01. The average molecular weight is 460 g/mol. The molecule has 2 rings (SSSR count). The minimum Gasteiger partial charge on any atom is -0.404 e. The van der Waals surface area contributed by atoms with Crippen molar-refractivity contribution >= 4 is 11.6 Å². The van der Waals surface area contributed by atoms with E-state index in [0.717, 1.165) is 16.7 Å². The number of nitrogens with two attached hydrogens (primary N) is 1. The van der Waals surface area contributed by atoms with Crippen molar-refractivity contribution in [3.63, 3.8) is 0 Å². The Labute approximate surface area is 203 Å². The maximum atomic E-state index is 13.3. The van der Waals surface area contributed by atoms with Gasteiger partial charge in [-0.25, -0.2) is 0 Å². The molecular formula is C29H37N3O2. The Bertz CT molecular complexity index is 941. The summed E-state index contributed by atoms with van der Waals surface area (Å²) in [6.45, 7) is 3.90. The van der Waals surface area contributed by atoms with Crippen LogP contribution in [0.3, 0.4) is 0 Å².